The molecule has 0 atom stereocenters. The Morgan fingerprint density at radius 2 is 2.50 bits per heavy atom. The first-order valence-electron chi connectivity index (χ1n) is 1.71. The maximum absolute atomic E-state index is 4.95. The first kappa shape index (κ1) is 5.21. The quantitative estimate of drug-likeness (QED) is 0.475. The lowest BCUT2D eigenvalue weighted by Crippen LogP contribution is -1.77. The van der Waals surface area contributed by atoms with Crippen LogP contribution in [0, 0.1) is 0 Å². The second-order valence-corrected chi connectivity index (χ2v) is 0.834. The third-order valence-electron chi connectivity index (χ3n) is 0.371. The molecule has 0 aliphatic rings. The first-order chi connectivity index (χ1) is 2.91. The fourth-order valence-electron chi connectivity index (χ4n) is 0.135. The van der Waals surface area contributed by atoms with Crippen LogP contribution in [0.15, 0.2) is 17.3 Å². The molecule has 0 saturated heterocycles. The summed E-state index contributed by atoms with van der Waals surface area (Å²) in [5.74, 6) is 0. The largest absolute Gasteiger partial charge is 0.405 e. The average molecular weight is 84.1 g/mol. The predicted octanol–water partition coefficient (Wildman–Crippen LogP) is 0.159. The van der Waals surface area contributed by atoms with E-state index in [9.17, 15) is 0 Å². The molecule has 0 aromatic carbocycles. The first-order valence-corrected chi connectivity index (χ1v) is 1.71. The van der Waals surface area contributed by atoms with Crippen molar-refractivity contribution in [1.29, 1.82) is 0 Å². The van der Waals surface area contributed by atoms with Crippen LogP contribution < -0.4 is 5.73 Å². The van der Waals surface area contributed by atoms with E-state index in [2.05, 4.69) is 11.7 Å². The molecule has 6 heavy (non-hydrogen) atoms. The van der Waals surface area contributed by atoms with Crippen molar-refractivity contribution in [1.82, 2.24) is 0 Å². The molecule has 0 saturated carbocycles. The van der Waals surface area contributed by atoms with Crippen LogP contribution in [0.5, 0.6) is 0 Å². The van der Waals surface area contributed by atoms with E-state index in [0.717, 1.165) is 0 Å². The highest BCUT2D eigenvalue weighted by molar-refractivity contribution is 5.23. The van der Waals surface area contributed by atoms with Gasteiger partial charge in [-0.05, 0) is 19.0 Å². The minimum Gasteiger partial charge on any atom is -0.405 e. The van der Waals surface area contributed by atoms with Gasteiger partial charge in [0.25, 0.3) is 0 Å². The summed E-state index contributed by atoms with van der Waals surface area (Å²) in [6.45, 7) is 3.86. The van der Waals surface area contributed by atoms with Crippen molar-refractivity contribution in [3.05, 3.63) is 12.3 Å². The van der Waals surface area contributed by atoms with Crippen LogP contribution in [0.2, 0.25) is 0 Å². The van der Waals surface area contributed by atoms with Gasteiger partial charge in [0.2, 0.25) is 0 Å². The average Bonchev–Trinajstić information content (AvgIpc) is 1.61. The SMILES string of the molecule is C=NCC=CN. The Kier molecular flexibility index (Phi) is 3.66. The topological polar surface area (TPSA) is 38.4 Å². The van der Waals surface area contributed by atoms with Crippen LogP contribution in [0.25, 0.3) is 0 Å². The van der Waals surface area contributed by atoms with Gasteiger partial charge in [-0.2, -0.15) is 0 Å². The van der Waals surface area contributed by atoms with E-state index in [1.54, 1.807) is 6.08 Å². The highest BCUT2D eigenvalue weighted by Crippen LogP contribution is 1.63. The van der Waals surface area contributed by atoms with Crippen molar-refractivity contribution < 1.29 is 0 Å². The number of hydrogen-bond acceptors (Lipinski definition) is 2. The van der Waals surface area contributed by atoms with Crippen LogP contribution in [0.3, 0.4) is 0 Å². The third-order valence-corrected chi connectivity index (χ3v) is 0.371. The third kappa shape index (κ3) is 3.21. The van der Waals surface area contributed by atoms with Crippen LogP contribution >= 0.6 is 0 Å². The van der Waals surface area contributed by atoms with E-state index >= 15 is 0 Å². The zero-order valence-electron chi connectivity index (χ0n) is 3.59. The second-order valence-electron chi connectivity index (χ2n) is 0.834. The molecule has 0 fully saturated rings. The van der Waals surface area contributed by atoms with Gasteiger partial charge in [-0.25, -0.2) is 0 Å². The molecule has 0 aromatic heterocycles. The van der Waals surface area contributed by atoms with E-state index in [1.807, 2.05) is 0 Å². The summed E-state index contributed by atoms with van der Waals surface area (Å²) in [6, 6.07) is 0. The van der Waals surface area contributed by atoms with E-state index in [1.165, 1.54) is 6.20 Å². The van der Waals surface area contributed by atoms with Crippen molar-refractivity contribution in [2.45, 2.75) is 0 Å². The monoisotopic (exact) mass is 84.1 g/mol. The molecule has 34 valence electrons. The zero-order valence-corrected chi connectivity index (χ0v) is 3.59. The summed E-state index contributed by atoms with van der Waals surface area (Å²) >= 11 is 0. The minimum atomic E-state index is 0.622. The van der Waals surface area contributed by atoms with E-state index < -0.39 is 0 Å². The predicted molar refractivity (Wildman–Crippen MR) is 27.7 cm³/mol. The molecular formula is C4H8N2. The number of nitrogens with zero attached hydrogens (tertiary/aromatic N) is 1. The number of rotatable bonds is 2. The lowest BCUT2D eigenvalue weighted by molar-refractivity contribution is 1.26. The lowest BCUT2D eigenvalue weighted by Gasteiger charge is -1.71. The summed E-state index contributed by atoms with van der Waals surface area (Å²) in [4.78, 5) is 3.51. The second kappa shape index (κ2) is 4.21. The summed E-state index contributed by atoms with van der Waals surface area (Å²) in [7, 11) is 0. The Morgan fingerprint density at radius 3 is 2.67 bits per heavy atom. The van der Waals surface area contributed by atoms with Crippen LogP contribution in [-0.2, 0) is 0 Å². The van der Waals surface area contributed by atoms with Gasteiger partial charge in [-0.15, -0.1) is 0 Å². The highest BCUT2D eigenvalue weighted by Gasteiger charge is 1.57. The van der Waals surface area contributed by atoms with E-state index in [4.69, 9.17) is 5.73 Å². The summed E-state index contributed by atoms with van der Waals surface area (Å²) in [6.07, 6.45) is 3.18. The molecule has 0 aliphatic carbocycles. The Balaban J connectivity index is 2.85. The molecule has 0 amide bonds. The summed E-state index contributed by atoms with van der Waals surface area (Å²) in [5.41, 5.74) is 4.95. The van der Waals surface area contributed by atoms with Gasteiger partial charge in [0.05, 0.1) is 6.54 Å². The lowest BCUT2D eigenvalue weighted by atomic mass is 10.6. The molecule has 0 aromatic rings. The van der Waals surface area contributed by atoms with E-state index in [0.29, 0.717) is 6.54 Å². The standard InChI is InChI=1S/C4H8N2/c1-6-4-2-3-5/h2-3H,1,4-5H2. The van der Waals surface area contributed by atoms with Crippen molar-refractivity contribution in [2.24, 2.45) is 10.7 Å². The van der Waals surface area contributed by atoms with Gasteiger partial charge in [0.15, 0.2) is 0 Å². The molecule has 0 bridgehead atoms. The molecule has 2 heteroatoms. The molecular weight excluding hydrogens is 76.1 g/mol. The number of nitrogens with two attached hydrogens (primary N) is 1. The Hall–Kier alpha value is -0.790. The summed E-state index contributed by atoms with van der Waals surface area (Å²) < 4.78 is 0. The van der Waals surface area contributed by atoms with Crippen LogP contribution in [0.4, 0.5) is 0 Å². The Morgan fingerprint density at radius 1 is 1.83 bits per heavy atom. The summed E-state index contributed by atoms with van der Waals surface area (Å²) in [5, 5.41) is 0. The van der Waals surface area contributed by atoms with Crippen molar-refractivity contribution in [3.8, 4) is 0 Å². The van der Waals surface area contributed by atoms with Crippen LogP contribution in [-0.4, -0.2) is 13.3 Å². The Labute approximate surface area is 37.4 Å². The molecule has 0 heterocycles. The van der Waals surface area contributed by atoms with E-state index in [-0.39, 0.29) is 0 Å². The van der Waals surface area contributed by atoms with Gasteiger partial charge in [-0.1, -0.05) is 0 Å². The Bertz CT molecular complexity index is 56.6. The van der Waals surface area contributed by atoms with Gasteiger partial charge in [0, 0.05) is 0 Å². The maximum atomic E-state index is 4.95. The molecule has 2 nitrogen and oxygen atoms in total. The number of aliphatic imine (C=N–C) groups is 1. The van der Waals surface area contributed by atoms with Gasteiger partial charge >= 0.3 is 0 Å². The van der Waals surface area contributed by atoms with Crippen molar-refractivity contribution in [3.63, 3.8) is 0 Å². The zero-order chi connectivity index (χ0) is 4.83. The van der Waals surface area contributed by atoms with Crippen LogP contribution in [0.1, 0.15) is 0 Å². The number of hydrogen-bond donors (Lipinski definition) is 1. The van der Waals surface area contributed by atoms with Crippen molar-refractivity contribution >= 4 is 6.72 Å². The molecule has 0 rings (SSSR count). The van der Waals surface area contributed by atoms with Crippen molar-refractivity contribution in [2.75, 3.05) is 6.54 Å². The maximum Gasteiger partial charge on any atom is 0.0579 e. The molecule has 0 radical (unpaired) electrons. The smallest absolute Gasteiger partial charge is 0.0579 e. The van der Waals surface area contributed by atoms with Gasteiger partial charge < -0.3 is 5.73 Å². The fourth-order valence-corrected chi connectivity index (χ4v) is 0.135. The minimum absolute atomic E-state index is 0.622. The van der Waals surface area contributed by atoms with Gasteiger partial charge in [0.1, 0.15) is 0 Å². The molecule has 2 N–H and O–H groups in total. The molecule has 0 aliphatic heterocycles. The highest BCUT2D eigenvalue weighted by atomic mass is 14.7. The molecule has 0 spiro atoms. The fraction of sp³-hybridized carbons (Fsp3) is 0.250. The normalized spacial score (nSPS) is 9.33. The van der Waals surface area contributed by atoms with Gasteiger partial charge in [-0.3, -0.25) is 4.99 Å². The molecule has 0 unspecified atom stereocenters.